The minimum absolute atomic E-state index is 0.168. The first-order chi connectivity index (χ1) is 9.79. The van der Waals surface area contributed by atoms with Crippen molar-refractivity contribution in [2.75, 3.05) is 18.0 Å². The van der Waals surface area contributed by atoms with Crippen LogP contribution in [-0.2, 0) is 19.4 Å². The number of nitrogens with two attached hydrogens (primary N) is 1. The van der Waals surface area contributed by atoms with Gasteiger partial charge < -0.3 is 10.6 Å². The molecule has 2 aromatic rings. The monoisotopic (exact) mass is 270 g/mol. The van der Waals surface area contributed by atoms with Crippen LogP contribution in [0.15, 0.2) is 42.5 Å². The number of hydrogen-bond donors (Lipinski definition) is 1. The topological polar surface area (TPSA) is 29.3 Å². The molecule has 0 aromatic heterocycles. The first kappa shape index (κ1) is 13.1. The van der Waals surface area contributed by atoms with Crippen LogP contribution in [0.2, 0.25) is 0 Å². The van der Waals surface area contributed by atoms with Gasteiger partial charge in [0, 0.05) is 19.6 Å². The Balaban J connectivity index is 1.91. The predicted molar refractivity (Wildman–Crippen MR) is 80.4 cm³/mol. The van der Waals surface area contributed by atoms with Crippen molar-refractivity contribution < 1.29 is 4.39 Å². The molecule has 0 fully saturated rings. The van der Waals surface area contributed by atoms with Crippen LogP contribution in [0, 0.1) is 5.82 Å². The average Bonchev–Trinajstić information content (AvgIpc) is 2.69. The molecule has 0 radical (unpaired) electrons. The van der Waals surface area contributed by atoms with Crippen molar-refractivity contribution in [3.05, 3.63) is 65.0 Å². The molecule has 1 aliphatic rings. The molecule has 3 rings (SSSR count). The first-order valence-electron chi connectivity index (χ1n) is 7.09. The lowest BCUT2D eigenvalue weighted by molar-refractivity contribution is 0.614. The van der Waals surface area contributed by atoms with E-state index in [1.165, 1.54) is 17.2 Å². The highest BCUT2D eigenvalue weighted by Gasteiger charge is 2.18. The van der Waals surface area contributed by atoms with E-state index in [1.54, 1.807) is 6.07 Å². The SMILES string of the molecule is NCc1cccc(F)c1N1CCc2ccccc2CC1. The molecular formula is C17H19FN2. The third-order valence-electron chi connectivity index (χ3n) is 4.03. The van der Waals surface area contributed by atoms with Crippen molar-refractivity contribution in [1.82, 2.24) is 0 Å². The lowest BCUT2D eigenvalue weighted by Crippen LogP contribution is -2.28. The van der Waals surface area contributed by atoms with Gasteiger partial charge in [-0.3, -0.25) is 0 Å². The number of anilines is 1. The molecular weight excluding hydrogens is 251 g/mol. The second kappa shape index (κ2) is 5.63. The summed E-state index contributed by atoms with van der Waals surface area (Å²) in [6, 6.07) is 13.6. The fraction of sp³-hybridized carbons (Fsp3) is 0.294. The van der Waals surface area contributed by atoms with Gasteiger partial charge >= 0.3 is 0 Å². The van der Waals surface area contributed by atoms with Gasteiger partial charge in [0.1, 0.15) is 5.82 Å². The van der Waals surface area contributed by atoms with Crippen LogP contribution in [0.5, 0.6) is 0 Å². The van der Waals surface area contributed by atoms with Gasteiger partial charge in [0.05, 0.1) is 5.69 Å². The van der Waals surface area contributed by atoms with Crippen molar-refractivity contribution in [2.45, 2.75) is 19.4 Å². The molecule has 2 nitrogen and oxygen atoms in total. The summed E-state index contributed by atoms with van der Waals surface area (Å²) in [6.45, 7) is 2.05. The summed E-state index contributed by atoms with van der Waals surface area (Å²) in [4.78, 5) is 2.14. The van der Waals surface area contributed by atoms with E-state index in [-0.39, 0.29) is 5.82 Å². The Labute approximate surface area is 119 Å². The number of para-hydroxylation sites is 1. The number of hydrogen-bond acceptors (Lipinski definition) is 2. The number of fused-ring (bicyclic) bond motifs is 1. The van der Waals surface area contributed by atoms with Gasteiger partial charge in [0.25, 0.3) is 0 Å². The maximum absolute atomic E-state index is 14.2. The normalized spacial score (nSPS) is 14.8. The summed E-state index contributed by atoms with van der Waals surface area (Å²) in [5, 5.41) is 0. The zero-order valence-corrected chi connectivity index (χ0v) is 11.5. The van der Waals surface area contributed by atoms with Crippen LogP contribution in [0.3, 0.4) is 0 Å². The van der Waals surface area contributed by atoms with E-state index >= 15 is 0 Å². The van der Waals surface area contributed by atoms with Crippen molar-refractivity contribution in [3.8, 4) is 0 Å². The van der Waals surface area contributed by atoms with Crippen molar-refractivity contribution in [2.24, 2.45) is 5.73 Å². The Morgan fingerprint density at radius 2 is 1.60 bits per heavy atom. The standard InChI is InChI=1S/C17H19FN2/c18-16-7-3-6-15(12-19)17(16)20-10-8-13-4-1-2-5-14(13)9-11-20/h1-7H,8-12,19H2. The number of rotatable bonds is 2. The van der Waals surface area contributed by atoms with Crippen LogP contribution in [0.4, 0.5) is 10.1 Å². The Hall–Kier alpha value is -1.87. The van der Waals surface area contributed by atoms with Crippen LogP contribution in [0.25, 0.3) is 0 Å². The Kier molecular flexibility index (Phi) is 3.70. The predicted octanol–water partition coefficient (Wildman–Crippen LogP) is 2.89. The molecule has 0 aliphatic carbocycles. The first-order valence-corrected chi connectivity index (χ1v) is 7.09. The molecule has 3 heteroatoms. The smallest absolute Gasteiger partial charge is 0.146 e. The molecule has 0 saturated heterocycles. The quantitative estimate of drug-likeness (QED) is 0.909. The Morgan fingerprint density at radius 3 is 2.20 bits per heavy atom. The summed E-state index contributed by atoms with van der Waals surface area (Å²) < 4.78 is 14.2. The largest absolute Gasteiger partial charge is 0.368 e. The fourth-order valence-corrected chi connectivity index (χ4v) is 2.97. The Bertz CT molecular complexity index is 583. The highest BCUT2D eigenvalue weighted by atomic mass is 19.1. The zero-order chi connectivity index (χ0) is 13.9. The number of halogens is 1. The van der Waals surface area contributed by atoms with Crippen molar-refractivity contribution in [1.29, 1.82) is 0 Å². The summed E-state index contributed by atoms with van der Waals surface area (Å²) in [5.41, 5.74) is 10.1. The molecule has 0 unspecified atom stereocenters. The molecule has 0 saturated carbocycles. The van der Waals surface area contributed by atoms with Gasteiger partial charge in [-0.25, -0.2) is 4.39 Å². The number of nitrogens with zero attached hydrogens (tertiary/aromatic N) is 1. The van der Waals surface area contributed by atoms with E-state index in [1.807, 2.05) is 6.07 Å². The minimum atomic E-state index is -0.168. The van der Waals surface area contributed by atoms with Gasteiger partial charge in [0.15, 0.2) is 0 Å². The van der Waals surface area contributed by atoms with Crippen molar-refractivity contribution >= 4 is 5.69 Å². The third-order valence-corrected chi connectivity index (χ3v) is 4.03. The van der Waals surface area contributed by atoms with E-state index in [0.29, 0.717) is 12.2 Å². The van der Waals surface area contributed by atoms with Crippen LogP contribution < -0.4 is 10.6 Å². The number of benzene rings is 2. The lowest BCUT2D eigenvalue weighted by atomic mass is 10.0. The van der Waals surface area contributed by atoms with E-state index in [0.717, 1.165) is 31.5 Å². The molecule has 1 heterocycles. The van der Waals surface area contributed by atoms with E-state index < -0.39 is 0 Å². The molecule has 104 valence electrons. The molecule has 0 atom stereocenters. The lowest BCUT2D eigenvalue weighted by Gasteiger charge is -2.25. The molecule has 2 N–H and O–H groups in total. The second-order valence-electron chi connectivity index (χ2n) is 5.21. The van der Waals surface area contributed by atoms with Gasteiger partial charge in [-0.2, -0.15) is 0 Å². The van der Waals surface area contributed by atoms with Gasteiger partial charge in [-0.05, 0) is 35.6 Å². The van der Waals surface area contributed by atoms with Gasteiger partial charge in [0.2, 0.25) is 0 Å². The Morgan fingerprint density at radius 1 is 0.950 bits per heavy atom. The maximum atomic E-state index is 14.2. The molecule has 1 aliphatic heterocycles. The molecule has 0 amide bonds. The minimum Gasteiger partial charge on any atom is -0.368 e. The molecule has 20 heavy (non-hydrogen) atoms. The highest BCUT2D eigenvalue weighted by Crippen LogP contribution is 2.27. The third kappa shape index (κ3) is 2.41. The van der Waals surface area contributed by atoms with Crippen LogP contribution in [-0.4, -0.2) is 13.1 Å². The van der Waals surface area contributed by atoms with Crippen LogP contribution >= 0.6 is 0 Å². The summed E-state index contributed by atoms with van der Waals surface area (Å²) >= 11 is 0. The maximum Gasteiger partial charge on any atom is 0.146 e. The molecule has 2 aromatic carbocycles. The van der Waals surface area contributed by atoms with Crippen LogP contribution in [0.1, 0.15) is 16.7 Å². The van der Waals surface area contributed by atoms with E-state index in [2.05, 4.69) is 29.2 Å². The van der Waals surface area contributed by atoms with Gasteiger partial charge in [-0.1, -0.05) is 36.4 Å². The molecule has 0 spiro atoms. The highest BCUT2D eigenvalue weighted by molar-refractivity contribution is 5.55. The van der Waals surface area contributed by atoms with Crippen molar-refractivity contribution in [3.63, 3.8) is 0 Å². The van der Waals surface area contributed by atoms with E-state index in [9.17, 15) is 4.39 Å². The summed E-state index contributed by atoms with van der Waals surface area (Å²) in [5.74, 6) is -0.168. The summed E-state index contributed by atoms with van der Waals surface area (Å²) in [7, 11) is 0. The fourth-order valence-electron chi connectivity index (χ4n) is 2.97. The zero-order valence-electron chi connectivity index (χ0n) is 11.5. The van der Waals surface area contributed by atoms with Gasteiger partial charge in [-0.15, -0.1) is 0 Å². The average molecular weight is 270 g/mol. The molecule has 0 bridgehead atoms. The summed E-state index contributed by atoms with van der Waals surface area (Å²) in [6.07, 6.45) is 1.91. The second-order valence-corrected chi connectivity index (χ2v) is 5.21. The van der Waals surface area contributed by atoms with E-state index in [4.69, 9.17) is 5.73 Å².